The molecule has 4 aromatic rings. The second-order valence-electron chi connectivity index (χ2n) is 12.6. The minimum absolute atomic E-state index is 0.0550. The van der Waals surface area contributed by atoms with Crippen LogP contribution in [-0.4, -0.2) is 65.9 Å². The normalized spacial score (nSPS) is 13.9. The van der Waals surface area contributed by atoms with E-state index in [1.165, 1.54) is 4.90 Å². The number of aromatic nitrogens is 4. The highest BCUT2D eigenvalue weighted by Crippen LogP contribution is 2.30. The highest BCUT2D eigenvalue weighted by atomic mass is 16.4. The molecular formula is C38H41N11O4. The molecule has 0 fully saturated rings. The first-order valence-corrected chi connectivity index (χ1v) is 17.1. The predicted octanol–water partition coefficient (Wildman–Crippen LogP) is 5.52. The Kier molecular flexibility index (Phi) is 14.0. The molecule has 4 N–H and O–H groups in total. The average Bonchev–Trinajstić information content (AvgIpc) is 3.70. The van der Waals surface area contributed by atoms with Crippen LogP contribution >= 0.6 is 0 Å². The maximum atomic E-state index is 12.9. The Bertz CT molecular complexity index is 1990. The molecule has 1 aromatic heterocycles. The molecule has 3 aromatic carbocycles. The Labute approximate surface area is 307 Å². The number of benzene rings is 3. The minimum Gasteiger partial charge on any atom is -0.480 e. The Morgan fingerprint density at radius 3 is 2.25 bits per heavy atom. The number of tetrazole rings is 1. The number of nitrogens with one attached hydrogen (secondary N) is 3. The second kappa shape index (κ2) is 19.0. The van der Waals surface area contributed by atoms with Gasteiger partial charge >= 0.3 is 5.97 Å². The molecule has 2 heterocycles. The summed E-state index contributed by atoms with van der Waals surface area (Å²) in [7, 11) is 0. The number of carbonyl (C=O) groups is 3. The topological polar surface area (TPSA) is 226 Å². The van der Waals surface area contributed by atoms with Crippen molar-refractivity contribution in [3.63, 3.8) is 0 Å². The number of aliphatic carboxylic acids is 1. The molecule has 0 saturated carbocycles. The van der Waals surface area contributed by atoms with Crippen LogP contribution in [0.25, 0.3) is 22.5 Å². The van der Waals surface area contributed by atoms with Crippen LogP contribution < -0.4 is 10.9 Å². The molecule has 0 spiro atoms. The average molecular weight is 716 g/mol. The lowest BCUT2D eigenvalue weighted by atomic mass is 9.94. The molecular weight excluding hydrogens is 674 g/mol. The fourth-order valence-electron chi connectivity index (χ4n) is 5.70. The number of aromatic amines is 1. The van der Waals surface area contributed by atoms with Crippen LogP contribution in [0, 0.1) is 34.5 Å². The number of H-pyrrole nitrogens is 1. The molecule has 1 aliphatic rings. The van der Waals surface area contributed by atoms with Crippen LogP contribution in [0.1, 0.15) is 64.5 Å². The van der Waals surface area contributed by atoms with E-state index in [1.54, 1.807) is 24.3 Å². The van der Waals surface area contributed by atoms with E-state index in [0.29, 0.717) is 24.4 Å². The number of nitriles is 2. The quantitative estimate of drug-likeness (QED) is 0.100. The maximum Gasteiger partial charge on any atom is 0.326 e. The SMILES string of the molecule is CCCCC(=O)N(Cc1ccc(-c2ccccc2-c2nn[nH]n2)cc1)[C@H](C(=O)O)C(C)C.C[C@@H]1CC(=O)NN=C1c1ccc(NN=C(C#N)C#N)cc1. The van der Waals surface area contributed by atoms with E-state index in [1.807, 2.05) is 88.4 Å². The number of rotatable bonds is 13. The van der Waals surface area contributed by atoms with Gasteiger partial charge in [0.15, 0.2) is 0 Å². The number of nitrogens with zero attached hydrogens (tertiary/aromatic N) is 8. The molecule has 15 heteroatoms. The Morgan fingerprint density at radius 2 is 1.68 bits per heavy atom. The highest BCUT2D eigenvalue weighted by Gasteiger charge is 2.32. The maximum absolute atomic E-state index is 12.9. The van der Waals surface area contributed by atoms with E-state index in [-0.39, 0.29) is 35.9 Å². The van der Waals surface area contributed by atoms with Gasteiger partial charge in [0.1, 0.15) is 18.2 Å². The number of anilines is 1. The smallest absolute Gasteiger partial charge is 0.326 e. The number of hydrazone groups is 2. The third-order valence-corrected chi connectivity index (χ3v) is 8.36. The number of amides is 2. The minimum atomic E-state index is -0.976. The van der Waals surface area contributed by atoms with Gasteiger partial charge in [0.25, 0.3) is 0 Å². The Morgan fingerprint density at radius 1 is 1.02 bits per heavy atom. The zero-order valence-corrected chi connectivity index (χ0v) is 29.9. The van der Waals surface area contributed by atoms with E-state index in [4.69, 9.17) is 10.5 Å². The zero-order chi connectivity index (χ0) is 38.3. The van der Waals surface area contributed by atoms with Gasteiger partial charge in [-0.25, -0.2) is 10.2 Å². The molecule has 5 rings (SSSR count). The lowest BCUT2D eigenvalue weighted by Gasteiger charge is -2.32. The van der Waals surface area contributed by atoms with Crippen LogP contribution in [0.4, 0.5) is 5.69 Å². The van der Waals surface area contributed by atoms with Gasteiger partial charge in [0.05, 0.1) is 11.4 Å². The van der Waals surface area contributed by atoms with Crippen molar-refractivity contribution in [1.82, 2.24) is 30.9 Å². The van der Waals surface area contributed by atoms with Crippen molar-refractivity contribution in [2.45, 2.75) is 66.0 Å². The summed E-state index contributed by atoms with van der Waals surface area (Å²) in [6.07, 6.45) is 2.39. The fourth-order valence-corrected chi connectivity index (χ4v) is 5.70. The summed E-state index contributed by atoms with van der Waals surface area (Å²) in [5, 5.41) is 48.9. The summed E-state index contributed by atoms with van der Waals surface area (Å²) in [5.41, 5.74) is 10.9. The van der Waals surface area contributed by atoms with Gasteiger partial charge in [-0.3, -0.25) is 15.0 Å². The molecule has 0 radical (unpaired) electrons. The lowest BCUT2D eigenvalue weighted by molar-refractivity contribution is -0.153. The van der Waals surface area contributed by atoms with Gasteiger partial charge in [-0.2, -0.15) is 25.9 Å². The lowest BCUT2D eigenvalue weighted by Crippen LogP contribution is -2.47. The number of carboxylic acids is 1. The number of hydrogen-bond donors (Lipinski definition) is 4. The van der Waals surface area contributed by atoms with Crippen molar-refractivity contribution in [3.05, 3.63) is 83.9 Å². The monoisotopic (exact) mass is 715 g/mol. The molecule has 0 aliphatic carbocycles. The van der Waals surface area contributed by atoms with Crippen molar-refractivity contribution in [2.24, 2.45) is 22.0 Å². The van der Waals surface area contributed by atoms with Gasteiger partial charge in [0, 0.05) is 30.9 Å². The van der Waals surface area contributed by atoms with Crippen molar-refractivity contribution in [1.29, 1.82) is 10.5 Å². The summed E-state index contributed by atoms with van der Waals surface area (Å²) in [6, 6.07) is 25.2. The standard InChI is InChI=1S/C24H29N5O3.C14H12N6O/c1-4-5-10-21(30)29(22(16(2)3)24(31)32)15-17-11-13-18(14-12-17)19-8-6-7-9-20(19)23-25-27-28-26-23;1-9-6-13(21)19-20-14(9)10-2-4-11(5-3-10)17-18-12(7-15)8-16/h6-9,11-14,16,22H,4-5,10,15H2,1-3H3,(H,31,32)(H,25,26,27,28);2-5,9,17H,6H2,1H3,(H,19,21)/t22-;9-/m01/s1. The molecule has 0 saturated heterocycles. The van der Waals surface area contributed by atoms with Crippen LogP contribution in [0.3, 0.4) is 0 Å². The van der Waals surface area contributed by atoms with E-state index >= 15 is 0 Å². The Hall–Kier alpha value is -6.74. The number of hydrogen-bond acceptors (Lipinski definition) is 11. The van der Waals surface area contributed by atoms with Crippen LogP contribution in [0.2, 0.25) is 0 Å². The summed E-state index contributed by atoms with van der Waals surface area (Å²) in [5.74, 6) is -0.813. The Balaban J connectivity index is 0.000000258. The predicted molar refractivity (Wildman–Crippen MR) is 199 cm³/mol. The number of carbonyl (C=O) groups excluding carboxylic acids is 2. The summed E-state index contributed by atoms with van der Waals surface area (Å²) >= 11 is 0. The third kappa shape index (κ3) is 10.6. The van der Waals surface area contributed by atoms with Crippen LogP contribution in [0.15, 0.2) is 83.0 Å². The molecule has 272 valence electrons. The molecule has 15 nitrogen and oxygen atoms in total. The van der Waals surface area contributed by atoms with E-state index in [2.05, 4.69) is 41.7 Å². The van der Waals surface area contributed by atoms with E-state index in [0.717, 1.165) is 46.4 Å². The zero-order valence-electron chi connectivity index (χ0n) is 29.9. The molecule has 1 aliphatic heterocycles. The van der Waals surface area contributed by atoms with Gasteiger partial charge in [0.2, 0.25) is 23.4 Å². The molecule has 2 atom stereocenters. The van der Waals surface area contributed by atoms with Crippen LogP contribution in [0.5, 0.6) is 0 Å². The second-order valence-corrected chi connectivity index (χ2v) is 12.6. The molecule has 53 heavy (non-hydrogen) atoms. The van der Waals surface area contributed by atoms with Crippen molar-refractivity contribution >= 4 is 34.9 Å². The van der Waals surface area contributed by atoms with E-state index in [9.17, 15) is 19.5 Å². The van der Waals surface area contributed by atoms with E-state index < -0.39 is 12.0 Å². The van der Waals surface area contributed by atoms with Crippen molar-refractivity contribution in [2.75, 3.05) is 5.43 Å². The largest absolute Gasteiger partial charge is 0.480 e. The summed E-state index contributed by atoms with van der Waals surface area (Å²) in [4.78, 5) is 37.5. The first-order chi connectivity index (χ1) is 25.6. The fraction of sp³-hybridized carbons (Fsp3) is 0.316. The van der Waals surface area contributed by atoms with Crippen molar-refractivity contribution < 1.29 is 19.5 Å². The summed E-state index contributed by atoms with van der Waals surface area (Å²) < 4.78 is 0. The van der Waals surface area contributed by atoms with Crippen molar-refractivity contribution in [3.8, 4) is 34.7 Å². The molecule has 0 bridgehead atoms. The molecule has 2 amide bonds. The summed E-state index contributed by atoms with van der Waals surface area (Å²) in [6.45, 7) is 7.87. The number of carboxylic acid groups (broad SMARTS) is 1. The van der Waals surface area contributed by atoms with Gasteiger partial charge in [-0.05, 0) is 51.9 Å². The van der Waals surface area contributed by atoms with Crippen LogP contribution in [-0.2, 0) is 20.9 Å². The highest BCUT2D eigenvalue weighted by molar-refractivity contribution is 6.10. The first kappa shape index (κ1) is 39.1. The van der Waals surface area contributed by atoms with Gasteiger partial charge in [-0.1, -0.05) is 94.8 Å². The number of unbranched alkanes of at least 4 members (excludes halogenated alkanes) is 1. The third-order valence-electron chi connectivity index (χ3n) is 8.36. The first-order valence-electron chi connectivity index (χ1n) is 17.1. The van der Waals surface area contributed by atoms with Gasteiger partial charge < -0.3 is 10.0 Å². The van der Waals surface area contributed by atoms with Gasteiger partial charge in [-0.15, -0.1) is 10.2 Å². The molecule has 0 unspecified atom stereocenters.